The zero-order valence-electron chi connectivity index (χ0n) is 10.1. The van der Waals surface area contributed by atoms with E-state index in [4.69, 9.17) is 0 Å². The van der Waals surface area contributed by atoms with Crippen LogP contribution < -0.4 is 5.32 Å². The smallest absolute Gasteiger partial charge is 0.147 e. The maximum atomic E-state index is 13.5. The molecule has 2 heterocycles. The van der Waals surface area contributed by atoms with Gasteiger partial charge in [0.05, 0.1) is 10.2 Å². The van der Waals surface area contributed by atoms with E-state index in [1.165, 1.54) is 6.07 Å². The standard InChI is InChI=1S/C14H12FN3S/c15-11-4-2-1-3-10(11)5-7-16-14-13-12(6-8-19-13)17-9-18-14/h1-4,6,8-9H,5,7H2,(H,16,17,18). The average molecular weight is 273 g/mol. The number of thiophene rings is 1. The van der Waals surface area contributed by atoms with Gasteiger partial charge in [-0.15, -0.1) is 11.3 Å². The van der Waals surface area contributed by atoms with E-state index >= 15 is 0 Å². The number of aromatic nitrogens is 2. The minimum absolute atomic E-state index is 0.159. The summed E-state index contributed by atoms with van der Waals surface area (Å²) in [6.45, 7) is 0.644. The summed E-state index contributed by atoms with van der Waals surface area (Å²) in [5.41, 5.74) is 1.65. The van der Waals surface area contributed by atoms with E-state index in [0.29, 0.717) is 18.5 Å². The lowest BCUT2D eigenvalue weighted by molar-refractivity contribution is 0.610. The molecule has 0 fully saturated rings. The molecule has 0 bridgehead atoms. The van der Waals surface area contributed by atoms with Gasteiger partial charge in [0.25, 0.3) is 0 Å². The lowest BCUT2D eigenvalue weighted by atomic mass is 10.1. The number of rotatable bonds is 4. The Morgan fingerprint density at radius 3 is 2.95 bits per heavy atom. The quantitative estimate of drug-likeness (QED) is 0.790. The number of nitrogens with one attached hydrogen (secondary N) is 1. The Hall–Kier alpha value is -2.01. The van der Waals surface area contributed by atoms with Gasteiger partial charge >= 0.3 is 0 Å². The van der Waals surface area contributed by atoms with Crippen LogP contribution >= 0.6 is 11.3 Å². The highest BCUT2D eigenvalue weighted by atomic mass is 32.1. The van der Waals surface area contributed by atoms with Gasteiger partial charge < -0.3 is 5.32 Å². The molecule has 19 heavy (non-hydrogen) atoms. The Balaban J connectivity index is 1.70. The van der Waals surface area contributed by atoms with Crippen LogP contribution in [0.4, 0.5) is 10.2 Å². The summed E-state index contributed by atoms with van der Waals surface area (Å²) in [4.78, 5) is 8.41. The van der Waals surface area contributed by atoms with Crippen molar-refractivity contribution in [3.05, 3.63) is 53.4 Å². The highest BCUT2D eigenvalue weighted by Gasteiger charge is 2.05. The fourth-order valence-electron chi connectivity index (χ4n) is 1.93. The van der Waals surface area contributed by atoms with Crippen LogP contribution in [0.1, 0.15) is 5.56 Å². The maximum absolute atomic E-state index is 13.5. The van der Waals surface area contributed by atoms with Crippen molar-refractivity contribution < 1.29 is 4.39 Å². The molecule has 96 valence electrons. The van der Waals surface area contributed by atoms with Gasteiger partial charge in [0.15, 0.2) is 0 Å². The van der Waals surface area contributed by atoms with Crippen molar-refractivity contribution in [1.29, 1.82) is 0 Å². The molecule has 0 unspecified atom stereocenters. The Labute approximate surface area is 114 Å². The molecule has 5 heteroatoms. The number of hydrogen-bond acceptors (Lipinski definition) is 4. The predicted molar refractivity (Wildman–Crippen MR) is 76.0 cm³/mol. The number of halogens is 1. The summed E-state index contributed by atoms with van der Waals surface area (Å²) in [5.74, 6) is 0.657. The van der Waals surface area contributed by atoms with Crippen molar-refractivity contribution in [2.45, 2.75) is 6.42 Å². The molecule has 0 radical (unpaired) electrons. The topological polar surface area (TPSA) is 37.8 Å². The number of fused-ring (bicyclic) bond motifs is 1. The Morgan fingerprint density at radius 2 is 2.05 bits per heavy atom. The largest absolute Gasteiger partial charge is 0.368 e. The third-order valence-electron chi connectivity index (χ3n) is 2.89. The molecule has 0 amide bonds. The fraction of sp³-hybridized carbons (Fsp3) is 0.143. The van der Waals surface area contributed by atoms with E-state index < -0.39 is 0 Å². The van der Waals surface area contributed by atoms with Crippen LogP contribution in [-0.2, 0) is 6.42 Å². The number of anilines is 1. The van der Waals surface area contributed by atoms with Gasteiger partial charge in [-0.1, -0.05) is 18.2 Å². The van der Waals surface area contributed by atoms with Crippen molar-refractivity contribution in [2.24, 2.45) is 0 Å². The molecular weight excluding hydrogens is 261 g/mol. The van der Waals surface area contributed by atoms with E-state index in [9.17, 15) is 4.39 Å². The predicted octanol–water partition coefficient (Wildman–Crippen LogP) is 3.49. The number of benzene rings is 1. The highest BCUT2D eigenvalue weighted by Crippen LogP contribution is 2.24. The van der Waals surface area contributed by atoms with E-state index in [-0.39, 0.29) is 5.82 Å². The molecule has 0 aliphatic carbocycles. The maximum Gasteiger partial charge on any atom is 0.147 e. The Morgan fingerprint density at radius 1 is 1.16 bits per heavy atom. The molecule has 3 rings (SSSR count). The SMILES string of the molecule is Fc1ccccc1CCNc1ncnc2ccsc12. The highest BCUT2D eigenvalue weighted by molar-refractivity contribution is 7.17. The van der Waals surface area contributed by atoms with Crippen LogP contribution in [0.2, 0.25) is 0 Å². The van der Waals surface area contributed by atoms with Crippen LogP contribution in [0.3, 0.4) is 0 Å². The summed E-state index contributed by atoms with van der Waals surface area (Å²) < 4.78 is 14.5. The van der Waals surface area contributed by atoms with Crippen molar-refractivity contribution in [1.82, 2.24) is 9.97 Å². The molecule has 1 N–H and O–H groups in total. The molecule has 0 aliphatic rings. The molecule has 0 atom stereocenters. The summed E-state index contributed by atoms with van der Waals surface area (Å²) in [7, 11) is 0. The van der Waals surface area contributed by atoms with Gasteiger partial charge in [-0.2, -0.15) is 0 Å². The Bertz CT molecular complexity index is 696. The van der Waals surface area contributed by atoms with Crippen LogP contribution in [-0.4, -0.2) is 16.5 Å². The van der Waals surface area contributed by atoms with Crippen LogP contribution in [0.5, 0.6) is 0 Å². The lowest BCUT2D eigenvalue weighted by Crippen LogP contribution is -2.07. The third-order valence-corrected chi connectivity index (χ3v) is 3.80. The number of hydrogen-bond donors (Lipinski definition) is 1. The first-order valence-electron chi connectivity index (χ1n) is 6.00. The van der Waals surface area contributed by atoms with Crippen LogP contribution in [0, 0.1) is 5.82 Å². The molecule has 0 spiro atoms. The summed E-state index contributed by atoms with van der Waals surface area (Å²) in [5, 5.41) is 5.23. The first-order chi connectivity index (χ1) is 9.34. The lowest BCUT2D eigenvalue weighted by Gasteiger charge is -2.06. The van der Waals surface area contributed by atoms with E-state index in [1.807, 2.05) is 17.5 Å². The molecular formula is C14H12FN3S. The molecule has 1 aromatic carbocycles. The van der Waals surface area contributed by atoms with Gasteiger partial charge in [-0.05, 0) is 29.5 Å². The third kappa shape index (κ3) is 2.56. The molecule has 2 aromatic heterocycles. The van der Waals surface area contributed by atoms with Gasteiger partial charge in [0.2, 0.25) is 0 Å². The number of nitrogens with zero attached hydrogens (tertiary/aromatic N) is 2. The van der Waals surface area contributed by atoms with Crippen LogP contribution in [0.25, 0.3) is 10.2 Å². The van der Waals surface area contributed by atoms with Crippen molar-refractivity contribution in [3.8, 4) is 0 Å². The normalized spacial score (nSPS) is 10.8. The first-order valence-corrected chi connectivity index (χ1v) is 6.88. The van der Waals surface area contributed by atoms with Gasteiger partial charge in [0, 0.05) is 6.54 Å². The van der Waals surface area contributed by atoms with Gasteiger partial charge in [0.1, 0.15) is 18.0 Å². The monoisotopic (exact) mass is 273 g/mol. The van der Waals surface area contributed by atoms with Gasteiger partial charge in [-0.3, -0.25) is 0 Å². The van der Waals surface area contributed by atoms with E-state index in [1.54, 1.807) is 29.8 Å². The second kappa shape index (κ2) is 5.32. The first kappa shape index (κ1) is 12.0. The van der Waals surface area contributed by atoms with Crippen molar-refractivity contribution in [3.63, 3.8) is 0 Å². The second-order valence-electron chi connectivity index (χ2n) is 4.13. The Kier molecular flexibility index (Phi) is 3.37. The molecule has 3 aromatic rings. The summed E-state index contributed by atoms with van der Waals surface area (Å²) in [6, 6.07) is 8.80. The van der Waals surface area contributed by atoms with Crippen LogP contribution in [0.15, 0.2) is 42.0 Å². The summed E-state index contributed by atoms with van der Waals surface area (Å²) >= 11 is 1.60. The fourth-order valence-corrected chi connectivity index (χ4v) is 2.74. The summed E-state index contributed by atoms with van der Waals surface area (Å²) in [6.07, 6.45) is 2.17. The van der Waals surface area contributed by atoms with Crippen molar-refractivity contribution >= 4 is 27.4 Å². The van der Waals surface area contributed by atoms with Gasteiger partial charge in [-0.25, -0.2) is 14.4 Å². The average Bonchev–Trinajstić information content (AvgIpc) is 2.90. The minimum atomic E-state index is -0.159. The molecule has 0 aliphatic heterocycles. The minimum Gasteiger partial charge on any atom is -0.368 e. The molecule has 3 nitrogen and oxygen atoms in total. The van der Waals surface area contributed by atoms with E-state index in [0.717, 1.165) is 16.0 Å². The molecule has 0 saturated carbocycles. The zero-order valence-corrected chi connectivity index (χ0v) is 11.0. The van der Waals surface area contributed by atoms with Crippen molar-refractivity contribution in [2.75, 3.05) is 11.9 Å². The second-order valence-corrected chi connectivity index (χ2v) is 5.04. The molecule has 0 saturated heterocycles. The zero-order chi connectivity index (χ0) is 13.1. The van der Waals surface area contributed by atoms with E-state index in [2.05, 4.69) is 15.3 Å².